The number of carbonyl (C=O) groups excluding carboxylic acids is 1. The van der Waals surface area contributed by atoms with Gasteiger partial charge in [0.15, 0.2) is 0 Å². The Bertz CT molecular complexity index is 631. The van der Waals surface area contributed by atoms with Gasteiger partial charge in [0.1, 0.15) is 11.7 Å². The molecule has 0 bridgehead atoms. The Morgan fingerprint density at radius 3 is 2.35 bits per heavy atom. The van der Waals surface area contributed by atoms with Crippen LogP contribution in [0, 0.1) is 5.82 Å². The molecule has 1 aliphatic heterocycles. The highest BCUT2D eigenvalue weighted by Gasteiger charge is 2.28. The number of hydrogen-bond donors (Lipinski definition) is 1. The molecule has 2 rings (SSSR count). The highest BCUT2D eigenvalue weighted by molar-refractivity contribution is 7.89. The van der Waals surface area contributed by atoms with Crippen molar-refractivity contribution in [1.82, 2.24) is 14.5 Å². The van der Waals surface area contributed by atoms with Crippen molar-refractivity contribution in [2.24, 2.45) is 0 Å². The van der Waals surface area contributed by atoms with Gasteiger partial charge in [-0.05, 0) is 24.3 Å². The Morgan fingerprint density at radius 1 is 1.17 bits per heavy atom. The van der Waals surface area contributed by atoms with E-state index in [1.807, 2.05) is 0 Å². The second kappa shape index (κ2) is 8.05. The number of alkyl halides is 1. The van der Waals surface area contributed by atoms with E-state index in [1.54, 1.807) is 0 Å². The van der Waals surface area contributed by atoms with Crippen molar-refractivity contribution in [1.29, 1.82) is 0 Å². The highest BCUT2D eigenvalue weighted by Crippen LogP contribution is 2.17. The smallest absolute Gasteiger partial charge is 0.243 e. The SMILES string of the molecule is O=C(CCl)NCCN1CCN(S(=O)(=O)c2ccc(F)cc2)CC1. The molecular weight excluding hydrogens is 345 g/mol. The third kappa shape index (κ3) is 4.87. The molecule has 0 saturated carbocycles. The fourth-order valence-electron chi connectivity index (χ4n) is 2.35. The zero-order valence-corrected chi connectivity index (χ0v) is 14.1. The van der Waals surface area contributed by atoms with Crippen LogP contribution in [0.15, 0.2) is 29.2 Å². The number of nitrogens with zero attached hydrogens (tertiary/aromatic N) is 2. The van der Waals surface area contributed by atoms with Gasteiger partial charge < -0.3 is 5.32 Å². The van der Waals surface area contributed by atoms with Crippen molar-refractivity contribution in [3.8, 4) is 0 Å². The molecule has 1 aromatic carbocycles. The van der Waals surface area contributed by atoms with Crippen molar-refractivity contribution >= 4 is 27.5 Å². The Labute approximate surface area is 140 Å². The largest absolute Gasteiger partial charge is 0.354 e. The lowest BCUT2D eigenvalue weighted by molar-refractivity contribution is -0.118. The average molecular weight is 364 g/mol. The highest BCUT2D eigenvalue weighted by atomic mass is 35.5. The third-order valence-electron chi connectivity index (χ3n) is 3.65. The molecule has 0 radical (unpaired) electrons. The number of rotatable bonds is 6. The lowest BCUT2D eigenvalue weighted by Crippen LogP contribution is -2.50. The lowest BCUT2D eigenvalue weighted by atomic mass is 10.3. The van der Waals surface area contributed by atoms with Crippen LogP contribution < -0.4 is 5.32 Å². The summed E-state index contributed by atoms with van der Waals surface area (Å²) in [6, 6.07) is 4.84. The van der Waals surface area contributed by atoms with Crippen molar-refractivity contribution in [3.63, 3.8) is 0 Å². The topological polar surface area (TPSA) is 69.7 Å². The normalized spacial score (nSPS) is 17.1. The molecule has 1 fully saturated rings. The van der Waals surface area contributed by atoms with Crippen molar-refractivity contribution in [2.75, 3.05) is 45.1 Å². The minimum atomic E-state index is -3.59. The molecule has 1 aliphatic rings. The second-order valence-corrected chi connectivity index (χ2v) is 7.39. The predicted octanol–water partition coefficient (Wildman–Crippen LogP) is 0.487. The van der Waals surface area contributed by atoms with Gasteiger partial charge >= 0.3 is 0 Å². The van der Waals surface area contributed by atoms with Gasteiger partial charge in [-0.15, -0.1) is 11.6 Å². The molecule has 1 saturated heterocycles. The second-order valence-electron chi connectivity index (χ2n) is 5.18. The molecule has 0 aliphatic carbocycles. The number of piperazine rings is 1. The summed E-state index contributed by atoms with van der Waals surface area (Å²) in [5.41, 5.74) is 0. The van der Waals surface area contributed by atoms with E-state index in [9.17, 15) is 17.6 Å². The number of nitrogens with one attached hydrogen (secondary N) is 1. The zero-order valence-electron chi connectivity index (χ0n) is 12.5. The number of benzene rings is 1. The van der Waals surface area contributed by atoms with Crippen LogP contribution in [0.2, 0.25) is 0 Å². The van der Waals surface area contributed by atoms with Gasteiger partial charge in [0.2, 0.25) is 15.9 Å². The minimum Gasteiger partial charge on any atom is -0.354 e. The molecule has 0 unspecified atom stereocenters. The molecule has 1 N–H and O–H groups in total. The van der Waals surface area contributed by atoms with Crippen molar-refractivity contribution < 1.29 is 17.6 Å². The monoisotopic (exact) mass is 363 g/mol. The van der Waals surface area contributed by atoms with Gasteiger partial charge in [-0.2, -0.15) is 4.31 Å². The van der Waals surface area contributed by atoms with Crippen LogP contribution in [0.4, 0.5) is 4.39 Å². The van der Waals surface area contributed by atoms with Crippen LogP contribution in [0.3, 0.4) is 0 Å². The van der Waals surface area contributed by atoms with E-state index in [4.69, 9.17) is 11.6 Å². The zero-order chi connectivity index (χ0) is 16.9. The fraction of sp³-hybridized carbons (Fsp3) is 0.500. The summed E-state index contributed by atoms with van der Waals surface area (Å²) in [7, 11) is -3.59. The van der Waals surface area contributed by atoms with Crippen LogP contribution in [-0.4, -0.2) is 68.7 Å². The lowest BCUT2D eigenvalue weighted by Gasteiger charge is -2.33. The third-order valence-corrected chi connectivity index (χ3v) is 5.81. The average Bonchev–Trinajstić information content (AvgIpc) is 2.55. The first-order valence-corrected chi connectivity index (χ1v) is 9.21. The summed E-state index contributed by atoms with van der Waals surface area (Å²) in [4.78, 5) is 13.2. The minimum absolute atomic E-state index is 0.0658. The first-order chi connectivity index (χ1) is 10.9. The first-order valence-electron chi connectivity index (χ1n) is 7.24. The molecular formula is C14H19ClFN3O3S. The molecule has 1 heterocycles. The summed E-state index contributed by atoms with van der Waals surface area (Å²) in [6.45, 7) is 3.02. The molecule has 128 valence electrons. The van der Waals surface area contributed by atoms with Gasteiger partial charge in [0, 0.05) is 39.3 Å². The maximum atomic E-state index is 12.9. The summed E-state index contributed by atoms with van der Waals surface area (Å²) >= 11 is 5.39. The van der Waals surface area contributed by atoms with E-state index in [0.717, 1.165) is 12.1 Å². The predicted molar refractivity (Wildman–Crippen MR) is 85.3 cm³/mol. The van der Waals surface area contributed by atoms with Crippen LogP contribution in [0.25, 0.3) is 0 Å². The Kier molecular flexibility index (Phi) is 6.34. The summed E-state index contributed by atoms with van der Waals surface area (Å²) in [5.74, 6) is -0.749. The van der Waals surface area contributed by atoms with Gasteiger partial charge in [-0.1, -0.05) is 0 Å². The van der Waals surface area contributed by atoms with E-state index < -0.39 is 15.8 Å². The molecule has 0 spiro atoms. The van der Waals surface area contributed by atoms with E-state index in [0.29, 0.717) is 39.3 Å². The summed E-state index contributed by atoms with van der Waals surface area (Å²) in [5, 5.41) is 2.67. The van der Waals surface area contributed by atoms with E-state index in [2.05, 4.69) is 10.2 Å². The van der Waals surface area contributed by atoms with Crippen LogP contribution in [-0.2, 0) is 14.8 Å². The molecule has 23 heavy (non-hydrogen) atoms. The van der Waals surface area contributed by atoms with E-state index in [-0.39, 0.29) is 16.7 Å². The number of hydrogen-bond acceptors (Lipinski definition) is 4. The first kappa shape index (κ1) is 18.1. The van der Waals surface area contributed by atoms with E-state index >= 15 is 0 Å². The van der Waals surface area contributed by atoms with Crippen molar-refractivity contribution in [2.45, 2.75) is 4.90 Å². The number of amides is 1. The van der Waals surface area contributed by atoms with E-state index in [1.165, 1.54) is 16.4 Å². The van der Waals surface area contributed by atoms with Gasteiger partial charge in [0.25, 0.3) is 0 Å². The summed E-state index contributed by atoms with van der Waals surface area (Å²) in [6.07, 6.45) is 0. The van der Waals surface area contributed by atoms with Gasteiger partial charge in [-0.25, -0.2) is 12.8 Å². The molecule has 1 amide bonds. The molecule has 0 aromatic heterocycles. The van der Waals surface area contributed by atoms with Crippen LogP contribution in [0.1, 0.15) is 0 Å². The molecule has 9 heteroatoms. The maximum Gasteiger partial charge on any atom is 0.243 e. The fourth-order valence-corrected chi connectivity index (χ4v) is 3.87. The summed E-state index contributed by atoms with van der Waals surface area (Å²) < 4.78 is 39.2. The number of carbonyl (C=O) groups is 1. The van der Waals surface area contributed by atoms with Crippen LogP contribution >= 0.6 is 11.6 Å². The van der Waals surface area contributed by atoms with Crippen molar-refractivity contribution in [3.05, 3.63) is 30.1 Å². The Morgan fingerprint density at radius 2 is 1.78 bits per heavy atom. The van der Waals surface area contributed by atoms with Gasteiger partial charge in [-0.3, -0.25) is 9.69 Å². The van der Waals surface area contributed by atoms with Gasteiger partial charge in [0.05, 0.1) is 4.90 Å². The Balaban J connectivity index is 1.86. The Hall–Kier alpha value is -1.22. The number of halogens is 2. The number of sulfonamides is 1. The standard InChI is InChI=1S/C14H19ClFN3O3S/c15-11-14(20)17-5-6-18-7-9-19(10-8-18)23(21,22)13-3-1-12(16)2-4-13/h1-4H,5-11H2,(H,17,20). The molecule has 0 atom stereocenters. The van der Waals surface area contributed by atoms with Crippen LogP contribution in [0.5, 0.6) is 0 Å². The molecule has 1 aromatic rings. The molecule has 6 nitrogen and oxygen atoms in total. The quantitative estimate of drug-likeness (QED) is 0.747. The maximum absolute atomic E-state index is 12.9.